The van der Waals surface area contributed by atoms with Gasteiger partial charge in [0.15, 0.2) is 0 Å². The summed E-state index contributed by atoms with van der Waals surface area (Å²) >= 11 is 0. The average Bonchev–Trinajstić information content (AvgIpc) is 2.68. The molecule has 0 radical (unpaired) electrons. The Balaban J connectivity index is 2.51. The molecule has 20 heavy (non-hydrogen) atoms. The largest absolute Gasteiger partial charge is 0.361 e. The molecule has 0 bridgehead atoms. The molecule has 0 saturated heterocycles. The van der Waals surface area contributed by atoms with Crippen molar-refractivity contribution in [1.29, 1.82) is 0 Å². The summed E-state index contributed by atoms with van der Waals surface area (Å²) in [6.07, 6.45) is 0. The van der Waals surface area contributed by atoms with Gasteiger partial charge in [0.05, 0.1) is 16.8 Å². The van der Waals surface area contributed by atoms with Gasteiger partial charge in [0.1, 0.15) is 17.4 Å². The Hall–Kier alpha value is -2.18. The van der Waals surface area contributed by atoms with E-state index in [4.69, 9.17) is 0 Å². The number of carbonyl (C=O) groups is 1. The number of ketones is 1. The summed E-state index contributed by atoms with van der Waals surface area (Å²) in [6, 6.07) is 1.79. The van der Waals surface area contributed by atoms with Crippen LogP contribution in [0.15, 0.2) is 22.7 Å². The summed E-state index contributed by atoms with van der Waals surface area (Å²) in [4.78, 5) is 11.8. The fourth-order valence-corrected chi connectivity index (χ4v) is 1.89. The number of aryl methyl sites for hydroxylation is 2. The summed E-state index contributed by atoms with van der Waals surface area (Å²) in [5, 5.41) is 3.33. The van der Waals surface area contributed by atoms with Gasteiger partial charge in [-0.25, -0.2) is 8.78 Å². The Bertz CT molecular complexity index is 660. The van der Waals surface area contributed by atoms with Crippen LogP contribution in [0, 0.1) is 25.5 Å². The van der Waals surface area contributed by atoms with Crippen molar-refractivity contribution < 1.29 is 26.9 Å². The number of hydrogen-bond acceptors (Lipinski definition) is 3. The molecule has 1 aromatic carbocycles. The van der Waals surface area contributed by atoms with Gasteiger partial charge >= 0.3 is 5.92 Å². The second-order valence-corrected chi connectivity index (χ2v) is 4.23. The monoisotopic (exact) mass is 287 g/mol. The van der Waals surface area contributed by atoms with Gasteiger partial charge in [0.25, 0.3) is 0 Å². The lowest BCUT2D eigenvalue weighted by Gasteiger charge is -2.15. The fraction of sp³-hybridized carbons (Fsp3) is 0.231. The summed E-state index contributed by atoms with van der Waals surface area (Å²) in [5.41, 5.74) is -1.76. The SMILES string of the molecule is Cc1noc(C)c1C(F)(F)C(=O)c1ccc(F)cc1F. The highest BCUT2D eigenvalue weighted by atomic mass is 19.3. The smallest absolute Gasteiger partial charge is 0.340 e. The van der Waals surface area contributed by atoms with Crippen LogP contribution in [0.3, 0.4) is 0 Å². The molecule has 106 valence electrons. The maximum Gasteiger partial charge on any atom is 0.340 e. The van der Waals surface area contributed by atoms with Gasteiger partial charge in [-0.05, 0) is 26.0 Å². The first-order valence-corrected chi connectivity index (χ1v) is 5.56. The van der Waals surface area contributed by atoms with Gasteiger partial charge in [-0.2, -0.15) is 8.78 Å². The number of benzene rings is 1. The fourth-order valence-electron chi connectivity index (χ4n) is 1.89. The molecule has 2 rings (SSSR count). The molecule has 1 heterocycles. The molecule has 0 N–H and O–H groups in total. The van der Waals surface area contributed by atoms with Crippen LogP contribution in [-0.4, -0.2) is 10.9 Å². The van der Waals surface area contributed by atoms with Crippen LogP contribution in [0.25, 0.3) is 0 Å². The van der Waals surface area contributed by atoms with E-state index in [0.717, 1.165) is 6.07 Å². The first kappa shape index (κ1) is 14.2. The Labute approximate surface area is 111 Å². The Morgan fingerprint density at radius 3 is 2.40 bits per heavy atom. The van der Waals surface area contributed by atoms with Crippen molar-refractivity contribution in [3.63, 3.8) is 0 Å². The standard InChI is InChI=1S/C13H9F4NO2/c1-6-11(7(2)20-18-6)13(16,17)12(19)9-4-3-8(14)5-10(9)15/h3-5H,1-2H3. The number of alkyl halides is 2. The third-order valence-corrected chi connectivity index (χ3v) is 2.81. The number of halogens is 4. The van der Waals surface area contributed by atoms with Crippen LogP contribution in [0.2, 0.25) is 0 Å². The van der Waals surface area contributed by atoms with E-state index in [2.05, 4.69) is 9.68 Å². The van der Waals surface area contributed by atoms with Crippen molar-refractivity contribution in [1.82, 2.24) is 5.16 Å². The Kier molecular flexibility index (Phi) is 3.37. The summed E-state index contributed by atoms with van der Waals surface area (Å²) < 4.78 is 59.1. The van der Waals surface area contributed by atoms with Crippen molar-refractivity contribution in [2.75, 3.05) is 0 Å². The van der Waals surface area contributed by atoms with Crippen molar-refractivity contribution in [2.45, 2.75) is 19.8 Å². The lowest BCUT2D eigenvalue weighted by atomic mass is 9.97. The predicted octanol–water partition coefficient (Wildman–Crippen LogP) is 3.54. The number of carbonyl (C=O) groups excluding carboxylic acids is 1. The van der Waals surface area contributed by atoms with Gasteiger partial charge in [-0.15, -0.1) is 0 Å². The van der Waals surface area contributed by atoms with E-state index in [1.807, 2.05) is 0 Å². The molecule has 0 aliphatic heterocycles. The van der Waals surface area contributed by atoms with Gasteiger partial charge in [-0.3, -0.25) is 4.79 Å². The zero-order chi connectivity index (χ0) is 15.1. The second-order valence-electron chi connectivity index (χ2n) is 4.23. The third-order valence-electron chi connectivity index (χ3n) is 2.81. The lowest BCUT2D eigenvalue weighted by molar-refractivity contribution is 0.00579. The zero-order valence-corrected chi connectivity index (χ0v) is 10.5. The van der Waals surface area contributed by atoms with Gasteiger partial charge in [-0.1, -0.05) is 5.16 Å². The van der Waals surface area contributed by atoms with Crippen molar-refractivity contribution >= 4 is 5.78 Å². The van der Waals surface area contributed by atoms with Crippen LogP contribution in [0.5, 0.6) is 0 Å². The quantitative estimate of drug-likeness (QED) is 0.640. The second kappa shape index (κ2) is 4.73. The normalized spacial score (nSPS) is 11.7. The van der Waals surface area contributed by atoms with Crippen molar-refractivity contribution in [2.24, 2.45) is 0 Å². The molecular formula is C13H9F4NO2. The van der Waals surface area contributed by atoms with Crippen molar-refractivity contribution in [3.8, 4) is 0 Å². The molecule has 0 aliphatic rings. The molecule has 0 atom stereocenters. The Morgan fingerprint density at radius 2 is 1.90 bits per heavy atom. The number of hydrogen-bond donors (Lipinski definition) is 0. The minimum absolute atomic E-state index is 0.164. The summed E-state index contributed by atoms with van der Waals surface area (Å²) in [7, 11) is 0. The van der Waals surface area contributed by atoms with E-state index >= 15 is 0 Å². The number of nitrogens with zero attached hydrogens (tertiary/aromatic N) is 1. The predicted molar refractivity (Wildman–Crippen MR) is 60.6 cm³/mol. The van der Waals surface area contributed by atoms with Crippen LogP contribution in [0.1, 0.15) is 27.4 Å². The molecule has 0 spiro atoms. The molecule has 0 aliphatic carbocycles. The molecule has 3 nitrogen and oxygen atoms in total. The minimum atomic E-state index is -4.01. The molecule has 2 aromatic rings. The first-order valence-electron chi connectivity index (χ1n) is 5.56. The van der Waals surface area contributed by atoms with Gasteiger partial charge in [0.2, 0.25) is 5.78 Å². The van der Waals surface area contributed by atoms with E-state index in [1.165, 1.54) is 13.8 Å². The molecular weight excluding hydrogens is 278 g/mol. The summed E-state index contributed by atoms with van der Waals surface area (Å²) in [5.74, 6) is -8.32. The molecule has 7 heteroatoms. The van der Waals surface area contributed by atoms with E-state index in [1.54, 1.807) is 0 Å². The van der Waals surface area contributed by atoms with Crippen LogP contribution in [0.4, 0.5) is 17.6 Å². The van der Waals surface area contributed by atoms with E-state index in [0.29, 0.717) is 12.1 Å². The van der Waals surface area contributed by atoms with Crippen LogP contribution in [-0.2, 0) is 5.92 Å². The molecule has 1 aromatic heterocycles. The molecule has 0 amide bonds. The zero-order valence-electron chi connectivity index (χ0n) is 10.5. The molecule has 0 unspecified atom stereocenters. The van der Waals surface area contributed by atoms with Gasteiger partial charge < -0.3 is 4.52 Å². The topological polar surface area (TPSA) is 43.1 Å². The van der Waals surface area contributed by atoms with Crippen LogP contribution < -0.4 is 0 Å². The maximum absolute atomic E-state index is 14.2. The summed E-state index contributed by atoms with van der Waals surface area (Å²) in [6.45, 7) is 2.46. The molecule has 0 saturated carbocycles. The van der Waals surface area contributed by atoms with E-state index in [-0.39, 0.29) is 11.5 Å². The number of rotatable bonds is 3. The third kappa shape index (κ3) is 2.19. The highest BCUT2D eigenvalue weighted by Crippen LogP contribution is 2.36. The maximum atomic E-state index is 14.2. The number of Topliss-reactive ketones (excluding diaryl/α,β-unsaturated/α-hetero) is 1. The highest BCUT2D eigenvalue weighted by molar-refractivity contribution is 6.02. The lowest BCUT2D eigenvalue weighted by Crippen LogP contribution is -2.28. The van der Waals surface area contributed by atoms with E-state index in [9.17, 15) is 22.4 Å². The average molecular weight is 287 g/mol. The van der Waals surface area contributed by atoms with Gasteiger partial charge in [0, 0.05) is 6.07 Å². The minimum Gasteiger partial charge on any atom is -0.361 e. The van der Waals surface area contributed by atoms with E-state index < -0.39 is 34.5 Å². The first-order chi connectivity index (χ1) is 9.25. The van der Waals surface area contributed by atoms with Crippen LogP contribution >= 0.6 is 0 Å². The number of aromatic nitrogens is 1. The molecule has 0 fully saturated rings. The van der Waals surface area contributed by atoms with Crippen molar-refractivity contribution in [3.05, 3.63) is 52.4 Å². The highest BCUT2D eigenvalue weighted by Gasteiger charge is 2.46. The Morgan fingerprint density at radius 1 is 1.25 bits per heavy atom.